The van der Waals surface area contributed by atoms with Crippen molar-refractivity contribution in [3.05, 3.63) is 22.9 Å². The van der Waals surface area contributed by atoms with Gasteiger partial charge in [0.15, 0.2) is 0 Å². The summed E-state index contributed by atoms with van der Waals surface area (Å²) in [5, 5.41) is 0. The number of hydrogen-bond acceptors (Lipinski definition) is 2. The van der Waals surface area contributed by atoms with E-state index in [9.17, 15) is 8.78 Å². The molecular weight excluding hydrogens is 212 g/mol. The summed E-state index contributed by atoms with van der Waals surface area (Å²) in [6.07, 6.45) is -1.66. The Balaban J connectivity index is 3.29. The van der Waals surface area contributed by atoms with E-state index in [-0.39, 0.29) is 11.6 Å². The molecule has 4 heteroatoms. The van der Waals surface area contributed by atoms with Gasteiger partial charge in [0.25, 0.3) is 6.43 Å². The Kier molecular flexibility index (Phi) is 4.21. The smallest absolute Gasteiger partial charge is 0.280 e. The van der Waals surface area contributed by atoms with Crippen LogP contribution in [0.5, 0.6) is 5.88 Å². The molecule has 0 amide bonds. The van der Waals surface area contributed by atoms with Crippen LogP contribution in [0.15, 0.2) is 6.07 Å². The standard InChI is InChI=1S/C12H17F2NO/c1-5-7(2)9-6-10(11(13)14)15-12(16-4)8(9)3/h6-7,11H,5H2,1-4H3. The number of alkyl halides is 2. The topological polar surface area (TPSA) is 22.1 Å². The minimum Gasteiger partial charge on any atom is -0.481 e. The van der Waals surface area contributed by atoms with Gasteiger partial charge in [-0.15, -0.1) is 0 Å². The summed E-state index contributed by atoms with van der Waals surface area (Å²) < 4.78 is 30.3. The minimum absolute atomic E-state index is 0.210. The van der Waals surface area contributed by atoms with Crippen LogP contribution in [0.25, 0.3) is 0 Å². The first-order valence-corrected chi connectivity index (χ1v) is 5.34. The molecule has 1 aromatic rings. The first-order chi connectivity index (χ1) is 7.51. The van der Waals surface area contributed by atoms with Crippen LogP contribution in [-0.2, 0) is 0 Å². The Bertz CT molecular complexity index is 366. The lowest BCUT2D eigenvalue weighted by molar-refractivity contribution is 0.144. The van der Waals surface area contributed by atoms with Crippen molar-refractivity contribution < 1.29 is 13.5 Å². The van der Waals surface area contributed by atoms with Gasteiger partial charge in [0.1, 0.15) is 5.69 Å². The third-order valence-corrected chi connectivity index (χ3v) is 2.85. The van der Waals surface area contributed by atoms with Crippen LogP contribution in [0.3, 0.4) is 0 Å². The molecule has 0 N–H and O–H groups in total. The molecule has 0 aromatic carbocycles. The number of ether oxygens (including phenoxy) is 1. The molecule has 90 valence electrons. The van der Waals surface area contributed by atoms with Crippen molar-refractivity contribution >= 4 is 0 Å². The molecule has 0 aliphatic heterocycles. The van der Waals surface area contributed by atoms with Gasteiger partial charge >= 0.3 is 0 Å². The van der Waals surface area contributed by atoms with E-state index >= 15 is 0 Å². The fourth-order valence-corrected chi connectivity index (χ4v) is 1.67. The van der Waals surface area contributed by atoms with Gasteiger partial charge in [0, 0.05) is 5.56 Å². The summed E-state index contributed by atoms with van der Waals surface area (Å²) in [6.45, 7) is 5.89. The van der Waals surface area contributed by atoms with E-state index < -0.39 is 6.43 Å². The van der Waals surface area contributed by atoms with E-state index in [1.165, 1.54) is 13.2 Å². The molecule has 0 radical (unpaired) electrons. The zero-order valence-electron chi connectivity index (χ0n) is 10.1. The first kappa shape index (κ1) is 12.9. The highest BCUT2D eigenvalue weighted by atomic mass is 19.3. The van der Waals surface area contributed by atoms with Crippen LogP contribution in [0, 0.1) is 6.92 Å². The Labute approximate surface area is 94.7 Å². The summed E-state index contributed by atoms with van der Waals surface area (Å²) in [7, 11) is 1.45. The van der Waals surface area contributed by atoms with Crippen LogP contribution in [0.2, 0.25) is 0 Å². The number of nitrogens with zero attached hydrogens (tertiary/aromatic N) is 1. The lowest BCUT2D eigenvalue weighted by Gasteiger charge is -2.16. The zero-order valence-corrected chi connectivity index (χ0v) is 10.1. The molecule has 0 aliphatic rings. The molecule has 0 spiro atoms. The van der Waals surface area contributed by atoms with Gasteiger partial charge in [-0.05, 0) is 30.9 Å². The molecule has 0 saturated carbocycles. The molecule has 0 saturated heterocycles. The minimum atomic E-state index is -2.56. The van der Waals surface area contributed by atoms with Crippen LogP contribution >= 0.6 is 0 Å². The summed E-state index contributed by atoms with van der Waals surface area (Å²) in [4.78, 5) is 3.80. The molecule has 0 aliphatic carbocycles. The van der Waals surface area contributed by atoms with Gasteiger partial charge < -0.3 is 4.74 Å². The predicted octanol–water partition coefficient (Wildman–Crippen LogP) is 3.85. The normalized spacial score (nSPS) is 12.9. The first-order valence-electron chi connectivity index (χ1n) is 5.34. The van der Waals surface area contributed by atoms with E-state index in [1.54, 1.807) is 0 Å². The maximum atomic E-state index is 12.6. The van der Waals surface area contributed by atoms with E-state index in [2.05, 4.69) is 4.98 Å². The number of methoxy groups -OCH3 is 1. The van der Waals surface area contributed by atoms with Gasteiger partial charge in [0.2, 0.25) is 5.88 Å². The lowest BCUT2D eigenvalue weighted by atomic mass is 9.94. The van der Waals surface area contributed by atoms with E-state index in [0.717, 1.165) is 17.5 Å². The summed E-state index contributed by atoms with van der Waals surface area (Å²) in [5.74, 6) is 0.530. The summed E-state index contributed by atoms with van der Waals surface area (Å²) in [5.41, 5.74) is 1.53. The fraction of sp³-hybridized carbons (Fsp3) is 0.583. The molecule has 1 unspecified atom stereocenters. The molecule has 0 bridgehead atoms. The largest absolute Gasteiger partial charge is 0.481 e. The number of pyridine rings is 1. The van der Waals surface area contributed by atoms with Crippen molar-refractivity contribution in [2.45, 2.75) is 39.5 Å². The van der Waals surface area contributed by atoms with Crippen molar-refractivity contribution in [1.82, 2.24) is 4.98 Å². The van der Waals surface area contributed by atoms with Crippen molar-refractivity contribution in [3.8, 4) is 5.88 Å². The monoisotopic (exact) mass is 229 g/mol. The average molecular weight is 229 g/mol. The van der Waals surface area contributed by atoms with Gasteiger partial charge in [-0.3, -0.25) is 0 Å². The highest BCUT2D eigenvalue weighted by Crippen LogP contribution is 2.31. The molecule has 1 heterocycles. The second-order valence-electron chi connectivity index (χ2n) is 3.88. The predicted molar refractivity (Wildman–Crippen MR) is 59.2 cm³/mol. The van der Waals surface area contributed by atoms with Gasteiger partial charge in [-0.1, -0.05) is 13.8 Å². The molecule has 0 fully saturated rings. The fourth-order valence-electron chi connectivity index (χ4n) is 1.67. The molecule has 1 aromatic heterocycles. The van der Waals surface area contributed by atoms with E-state index in [4.69, 9.17) is 4.74 Å². The number of aromatic nitrogens is 1. The van der Waals surface area contributed by atoms with Gasteiger partial charge in [-0.25, -0.2) is 13.8 Å². The SMILES string of the molecule is CCC(C)c1cc(C(F)F)nc(OC)c1C. The highest BCUT2D eigenvalue weighted by Gasteiger charge is 2.18. The van der Waals surface area contributed by atoms with Crippen molar-refractivity contribution in [3.63, 3.8) is 0 Å². The average Bonchev–Trinajstić information content (AvgIpc) is 2.28. The lowest BCUT2D eigenvalue weighted by Crippen LogP contribution is -2.04. The van der Waals surface area contributed by atoms with E-state index in [1.807, 2.05) is 20.8 Å². The summed E-state index contributed by atoms with van der Waals surface area (Å²) >= 11 is 0. The van der Waals surface area contributed by atoms with Gasteiger partial charge in [-0.2, -0.15) is 0 Å². The van der Waals surface area contributed by atoms with Gasteiger partial charge in [0.05, 0.1) is 7.11 Å². The zero-order chi connectivity index (χ0) is 12.3. The van der Waals surface area contributed by atoms with E-state index in [0.29, 0.717) is 5.88 Å². The van der Waals surface area contributed by atoms with Crippen molar-refractivity contribution in [2.75, 3.05) is 7.11 Å². The third kappa shape index (κ3) is 2.49. The third-order valence-electron chi connectivity index (χ3n) is 2.85. The molecule has 2 nitrogen and oxygen atoms in total. The molecular formula is C12H17F2NO. The van der Waals surface area contributed by atoms with Crippen LogP contribution in [-0.4, -0.2) is 12.1 Å². The Morgan fingerprint density at radius 1 is 1.44 bits per heavy atom. The Hall–Kier alpha value is -1.19. The molecule has 16 heavy (non-hydrogen) atoms. The number of rotatable bonds is 4. The van der Waals surface area contributed by atoms with Crippen LogP contribution in [0.4, 0.5) is 8.78 Å². The highest BCUT2D eigenvalue weighted by molar-refractivity contribution is 5.38. The quantitative estimate of drug-likeness (QED) is 0.782. The maximum Gasteiger partial charge on any atom is 0.280 e. The van der Waals surface area contributed by atoms with Crippen LogP contribution < -0.4 is 4.74 Å². The molecule has 1 rings (SSSR count). The maximum absolute atomic E-state index is 12.6. The number of hydrogen-bond donors (Lipinski definition) is 0. The number of halogens is 2. The van der Waals surface area contributed by atoms with Crippen LogP contribution in [0.1, 0.15) is 49.4 Å². The molecule has 1 atom stereocenters. The second kappa shape index (κ2) is 5.23. The van der Waals surface area contributed by atoms with Crippen molar-refractivity contribution in [2.24, 2.45) is 0 Å². The Morgan fingerprint density at radius 2 is 2.06 bits per heavy atom. The second-order valence-corrected chi connectivity index (χ2v) is 3.88. The van der Waals surface area contributed by atoms with Crippen molar-refractivity contribution in [1.29, 1.82) is 0 Å². The summed E-state index contributed by atoms with van der Waals surface area (Å²) in [6, 6.07) is 1.48. The Morgan fingerprint density at radius 3 is 2.50 bits per heavy atom.